The van der Waals surface area contributed by atoms with Crippen LogP contribution in [0.4, 0.5) is 0 Å². The topological polar surface area (TPSA) is 21.3 Å². The third-order valence-corrected chi connectivity index (χ3v) is 4.56. The number of ether oxygens (including phenoxy) is 1. The first-order valence-corrected chi connectivity index (χ1v) is 8.03. The van der Waals surface area contributed by atoms with Gasteiger partial charge in [-0.15, -0.1) is 11.3 Å². The summed E-state index contributed by atoms with van der Waals surface area (Å²) in [6, 6.07) is 7.67. The van der Waals surface area contributed by atoms with Gasteiger partial charge in [0, 0.05) is 23.0 Å². The van der Waals surface area contributed by atoms with Crippen molar-refractivity contribution in [3.8, 4) is 5.75 Å². The summed E-state index contributed by atoms with van der Waals surface area (Å²) < 4.78 is 6.56. The molecule has 0 unspecified atom stereocenters. The Morgan fingerprint density at radius 1 is 1.37 bits per heavy atom. The van der Waals surface area contributed by atoms with Crippen molar-refractivity contribution in [2.75, 3.05) is 13.2 Å². The first-order valence-electron chi connectivity index (χ1n) is 5.98. The number of hydrogen-bond acceptors (Lipinski definition) is 3. The largest absolute Gasteiger partial charge is 0.491 e. The second-order valence-corrected chi connectivity index (χ2v) is 6.42. The van der Waals surface area contributed by atoms with Crippen molar-refractivity contribution >= 4 is 38.9 Å². The van der Waals surface area contributed by atoms with E-state index in [2.05, 4.69) is 39.6 Å². The SMILES string of the molecule is Cc1ccsc1CNCCOc1ccc(Cl)cc1Br. The summed E-state index contributed by atoms with van der Waals surface area (Å²) in [6.45, 7) is 4.47. The van der Waals surface area contributed by atoms with E-state index in [1.165, 1.54) is 10.4 Å². The highest BCUT2D eigenvalue weighted by Crippen LogP contribution is 2.27. The van der Waals surface area contributed by atoms with Crippen LogP contribution in [-0.2, 0) is 6.54 Å². The molecule has 102 valence electrons. The molecule has 1 aromatic heterocycles. The zero-order chi connectivity index (χ0) is 13.7. The van der Waals surface area contributed by atoms with Gasteiger partial charge in [0.15, 0.2) is 0 Å². The monoisotopic (exact) mass is 359 g/mol. The summed E-state index contributed by atoms with van der Waals surface area (Å²) in [5, 5.41) is 6.19. The van der Waals surface area contributed by atoms with Gasteiger partial charge < -0.3 is 10.1 Å². The summed E-state index contributed by atoms with van der Waals surface area (Å²) in [7, 11) is 0. The van der Waals surface area contributed by atoms with E-state index in [9.17, 15) is 0 Å². The van der Waals surface area contributed by atoms with Gasteiger partial charge in [0.25, 0.3) is 0 Å². The Labute approximate surface area is 130 Å². The molecule has 0 amide bonds. The summed E-state index contributed by atoms with van der Waals surface area (Å²) >= 11 is 11.1. The van der Waals surface area contributed by atoms with Gasteiger partial charge in [-0.05, 0) is 58.1 Å². The molecule has 1 heterocycles. The molecule has 0 saturated heterocycles. The third kappa shape index (κ3) is 4.49. The van der Waals surface area contributed by atoms with Crippen LogP contribution >= 0.6 is 38.9 Å². The van der Waals surface area contributed by atoms with E-state index in [1.807, 2.05) is 18.2 Å². The number of hydrogen-bond donors (Lipinski definition) is 1. The maximum atomic E-state index is 5.88. The zero-order valence-corrected chi connectivity index (χ0v) is 13.7. The van der Waals surface area contributed by atoms with E-state index in [4.69, 9.17) is 16.3 Å². The fraction of sp³-hybridized carbons (Fsp3) is 0.286. The van der Waals surface area contributed by atoms with Crippen molar-refractivity contribution in [3.05, 3.63) is 49.6 Å². The van der Waals surface area contributed by atoms with Crippen molar-refractivity contribution in [1.29, 1.82) is 0 Å². The Bertz CT molecular complexity index is 544. The smallest absolute Gasteiger partial charge is 0.133 e. The van der Waals surface area contributed by atoms with Crippen LogP contribution < -0.4 is 10.1 Å². The Morgan fingerprint density at radius 2 is 2.21 bits per heavy atom. The second kappa shape index (κ2) is 7.29. The Balaban J connectivity index is 1.71. The van der Waals surface area contributed by atoms with Gasteiger partial charge in [0.05, 0.1) is 4.47 Å². The highest BCUT2D eigenvalue weighted by atomic mass is 79.9. The van der Waals surface area contributed by atoms with E-state index in [0.717, 1.165) is 23.3 Å². The molecule has 2 aromatic rings. The minimum Gasteiger partial charge on any atom is -0.491 e. The molecule has 0 aliphatic heterocycles. The normalized spacial score (nSPS) is 10.7. The molecule has 0 atom stereocenters. The summed E-state index contributed by atoms with van der Waals surface area (Å²) in [6.07, 6.45) is 0. The summed E-state index contributed by atoms with van der Waals surface area (Å²) in [5.41, 5.74) is 1.35. The minimum absolute atomic E-state index is 0.630. The van der Waals surface area contributed by atoms with Gasteiger partial charge in [0.1, 0.15) is 12.4 Å². The first kappa shape index (κ1) is 14.9. The van der Waals surface area contributed by atoms with Crippen LogP contribution in [0.25, 0.3) is 0 Å². The minimum atomic E-state index is 0.630. The lowest BCUT2D eigenvalue weighted by Crippen LogP contribution is -2.20. The van der Waals surface area contributed by atoms with Crippen LogP contribution in [0, 0.1) is 6.92 Å². The maximum Gasteiger partial charge on any atom is 0.133 e. The van der Waals surface area contributed by atoms with Crippen molar-refractivity contribution in [2.24, 2.45) is 0 Å². The summed E-state index contributed by atoms with van der Waals surface area (Å²) in [5.74, 6) is 0.818. The lowest BCUT2D eigenvalue weighted by Gasteiger charge is -2.09. The molecular weight excluding hydrogens is 346 g/mol. The van der Waals surface area contributed by atoms with Crippen LogP contribution in [0.5, 0.6) is 5.75 Å². The molecule has 19 heavy (non-hydrogen) atoms. The first-order chi connectivity index (χ1) is 9.16. The van der Waals surface area contributed by atoms with E-state index in [1.54, 1.807) is 11.3 Å². The van der Waals surface area contributed by atoms with Gasteiger partial charge in [-0.3, -0.25) is 0 Å². The quantitative estimate of drug-likeness (QED) is 0.758. The number of benzene rings is 1. The fourth-order valence-electron chi connectivity index (χ4n) is 1.61. The molecule has 0 saturated carbocycles. The van der Waals surface area contributed by atoms with Crippen molar-refractivity contribution in [1.82, 2.24) is 5.32 Å². The molecular formula is C14H15BrClNOS. The lowest BCUT2D eigenvalue weighted by molar-refractivity contribution is 0.312. The van der Waals surface area contributed by atoms with Crippen LogP contribution in [-0.4, -0.2) is 13.2 Å². The van der Waals surface area contributed by atoms with E-state index >= 15 is 0 Å². The molecule has 0 aliphatic carbocycles. The predicted molar refractivity (Wildman–Crippen MR) is 85.4 cm³/mol. The molecule has 0 spiro atoms. The lowest BCUT2D eigenvalue weighted by atomic mass is 10.3. The van der Waals surface area contributed by atoms with Crippen molar-refractivity contribution < 1.29 is 4.74 Å². The number of nitrogens with one attached hydrogen (secondary N) is 1. The Morgan fingerprint density at radius 3 is 2.89 bits per heavy atom. The van der Waals surface area contributed by atoms with Crippen LogP contribution in [0.1, 0.15) is 10.4 Å². The second-order valence-electron chi connectivity index (χ2n) is 4.13. The molecule has 0 radical (unpaired) electrons. The van der Waals surface area contributed by atoms with Crippen molar-refractivity contribution in [2.45, 2.75) is 13.5 Å². The van der Waals surface area contributed by atoms with Gasteiger partial charge in [-0.2, -0.15) is 0 Å². The summed E-state index contributed by atoms with van der Waals surface area (Å²) in [4.78, 5) is 1.38. The highest BCUT2D eigenvalue weighted by molar-refractivity contribution is 9.10. The zero-order valence-electron chi connectivity index (χ0n) is 10.6. The fourth-order valence-corrected chi connectivity index (χ4v) is 3.29. The molecule has 5 heteroatoms. The molecule has 2 rings (SSSR count). The standard InChI is InChI=1S/C14H15BrClNOS/c1-10-4-7-19-14(10)9-17-5-6-18-13-3-2-11(16)8-12(13)15/h2-4,7-8,17H,5-6,9H2,1H3. The average Bonchev–Trinajstić information content (AvgIpc) is 2.77. The van der Waals surface area contributed by atoms with Gasteiger partial charge >= 0.3 is 0 Å². The number of halogens is 2. The number of aryl methyl sites for hydroxylation is 1. The molecule has 0 aliphatic rings. The third-order valence-electron chi connectivity index (χ3n) is 2.68. The maximum absolute atomic E-state index is 5.88. The van der Waals surface area contributed by atoms with Crippen LogP contribution in [0.2, 0.25) is 5.02 Å². The number of thiophene rings is 1. The van der Waals surface area contributed by atoms with Crippen molar-refractivity contribution in [3.63, 3.8) is 0 Å². The van der Waals surface area contributed by atoms with Gasteiger partial charge in [-0.1, -0.05) is 11.6 Å². The van der Waals surface area contributed by atoms with Crippen LogP contribution in [0.15, 0.2) is 34.1 Å². The molecule has 0 fully saturated rings. The average molecular weight is 361 g/mol. The Kier molecular flexibility index (Phi) is 5.70. The molecule has 2 nitrogen and oxygen atoms in total. The Hall–Kier alpha value is -0.550. The van der Waals surface area contributed by atoms with Gasteiger partial charge in [-0.25, -0.2) is 0 Å². The van der Waals surface area contributed by atoms with Gasteiger partial charge in [0.2, 0.25) is 0 Å². The van der Waals surface area contributed by atoms with Crippen LogP contribution in [0.3, 0.4) is 0 Å². The van der Waals surface area contributed by atoms with E-state index in [-0.39, 0.29) is 0 Å². The molecule has 1 N–H and O–H groups in total. The highest BCUT2D eigenvalue weighted by Gasteiger charge is 2.02. The molecule has 1 aromatic carbocycles. The van der Waals surface area contributed by atoms with E-state index in [0.29, 0.717) is 11.6 Å². The van der Waals surface area contributed by atoms with E-state index < -0.39 is 0 Å². The predicted octanol–water partition coefficient (Wildman–Crippen LogP) is 4.64. The number of rotatable bonds is 6. The molecule has 0 bridgehead atoms.